The Morgan fingerprint density at radius 2 is 1.62 bits per heavy atom. The Balaban J connectivity index is 0.00000256. The lowest BCUT2D eigenvalue weighted by Gasteiger charge is -2.25. The molecule has 10 nitrogen and oxygen atoms in total. The highest BCUT2D eigenvalue weighted by Gasteiger charge is 2.34. The molecule has 0 saturated carbocycles. The van der Waals surface area contributed by atoms with Crippen molar-refractivity contribution in [2.75, 3.05) is 13.2 Å². The van der Waals surface area contributed by atoms with Gasteiger partial charge in [0, 0.05) is 30.3 Å². The van der Waals surface area contributed by atoms with Crippen LogP contribution in [0.2, 0.25) is 0 Å². The number of carbonyl (C=O) groups excluding carboxylic acids is 2. The minimum atomic E-state index is -4.89. The van der Waals surface area contributed by atoms with Crippen molar-refractivity contribution in [2.24, 2.45) is 0 Å². The fourth-order valence-corrected chi connectivity index (χ4v) is 5.09. The third kappa shape index (κ3) is 14.8. The minimum absolute atomic E-state index is 0.0679. The van der Waals surface area contributed by atoms with E-state index >= 15 is 0 Å². The molecule has 3 rings (SSSR count). The predicted molar refractivity (Wildman–Crippen MR) is 195 cm³/mol. The molecule has 0 aliphatic heterocycles. The monoisotopic (exact) mass is 803 g/mol. The summed E-state index contributed by atoms with van der Waals surface area (Å²) in [4.78, 5) is 51.1. The highest BCUT2D eigenvalue weighted by molar-refractivity contribution is 9.10. The van der Waals surface area contributed by atoms with Crippen molar-refractivity contribution < 1.29 is 41.4 Å². The molecule has 2 aromatic carbocycles. The predicted octanol–water partition coefficient (Wildman–Crippen LogP) is 8.80. The number of aromatic nitrogens is 2. The van der Waals surface area contributed by atoms with Gasteiger partial charge in [-0.05, 0) is 74.7 Å². The summed E-state index contributed by atoms with van der Waals surface area (Å²) in [5.41, 5.74) is -4.17. The molecule has 1 unspecified atom stereocenters. The normalized spacial score (nSPS) is 11.6. The van der Waals surface area contributed by atoms with Gasteiger partial charge in [-0.1, -0.05) is 58.4 Å². The zero-order chi connectivity index (χ0) is 39.6. The van der Waals surface area contributed by atoms with Crippen LogP contribution in [0.5, 0.6) is 5.75 Å². The van der Waals surface area contributed by atoms with Crippen LogP contribution in [0.15, 0.2) is 62.7 Å². The SMILES string of the molecule is CC.CCC.CCOC(=O)CCCOc1ccccc1C(CCn1c(=O)c(Br)cn(Cc2c(F)cccc2C(F)(F)F)c1=O)NC(=O)OC(C)(C)C. The van der Waals surface area contributed by atoms with E-state index in [1.807, 2.05) is 13.8 Å². The number of halogens is 5. The fourth-order valence-electron chi connectivity index (χ4n) is 4.63. The Labute approximate surface area is 310 Å². The molecule has 1 aromatic heterocycles. The number of alkyl carbamates (subject to hydrolysis) is 1. The first kappa shape index (κ1) is 45.9. The molecule has 290 valence electrons. The number of esters is 1. The molecule has 0 saturated heterocycles. The van der Waals surface area contributed by atoms with Crippen LogP contribution in [-0.4, -0.2) is 40.0 Å². The molecule has 1 N–H and O–H groups in total. The first-order chi connectivity index (χ1) is 24.4. The second-order valence-electron chi connectivity index (χ2n) is 12.1. The van der Waals surface area contributed by atoms with E-state index in [2.05, 4.69) is 35.1 Å². The number of rotatable bonds is 13. The van der Waals surface area contributed by atoms with Gasteiger partial charge in [0.15, 0.2) is 0 Å². The van der Waals surface area contributed by atoms with Gasteiger partial charge in [-0.25, -0.2) is 14.0 Å². The maximum atomic E-state index is 14.6. The number of hydrogen-bond acceptors (Lipinski definition) is 7. The second kappa shape index (κ2) is 22.0. The van der Waals surface area contributed by atoms with E-state index in [9.17, 15) is 36.7 Å². The van der Waals surface area contributed by atoms with Gasteiger partial charge in [0.2, 0.25) is 0 Å². The van der Waals surface area contributed by atoms with Gasteiger partial charge < -0.3 is 19.5 Å². The van der Waals surface area contributed by atoms with E-state index in [1.165, 1.54) is 6.42 Å². The largest absolute Gasteiger partial charge is 0.493 e. The second-order valence-corrected chi connectivity index (χ2v) is 13.0. The van der Waals surface area contributed by atoms with Crippen LogP contribution in [0.3, 0.4) is 0 Å². The topological polar surface area (TPSA) is 118 Å². The number of alkyl halides is 3. The lowest BCUT2D eigenvalue weighted by Crippen LogP contribution is -2.42. The first-order valence-electron chi connectivity index (χ1n) is 17.1. The van der Waals surface area contributed by atoms with E-state index in [4.69, 9.17) is 14.2 Å². The van der Waals surface area contributed by atoms with Crippen LogP contribution in [0, 0.1) is 5.82 Å². The van der Waals surface area contributed by atoms with Gasteiger partial charge in [-0.15, -0.1) is 0 Å². The van der Waals surface area contributed by atoms with Gasteiger partial charge in [-0.3, -0.25) is 18.7 Å². The van der Waals surface area contributed by atoms with Crippen molar-refractivity contribution in [3.05, 3.63) is 96.5 Å². The molecule has 1 amide bonds. The standard InChI is InChI=1S/C32H36BrF4N3O7.C3H8.C2H6/c1-5-45-27(41)14-9-17-46-26-13-7-6-10-20(26)25(38-29(43)47-31(2,3)4)15-16-40-28(42)23(33)19-39(30(40)44)18-21-22(32(35,36)37)11-8-12-24(21)34;1-3-2;1-2/h6-8,10-13,19,25H,5,9,14-18H2,1-4H3,(H,38,43);3H2,1-2H3;1-2H3. The molecule has 0 radical (unpaired) electrons. The summed E-state index contributed by atoms with van der Waals surface area (Å²) < 4.78 is 73.2. The molecular formula is C37H50BrF4N3O7. The highest BCUT2D eigenvalue weighted by atomic mass is 79.9. The molecule has 0 aliphatic rings. The van der Waals surface area contributed by atoms with Crippen molar-refractivity contribution in [1.29, 1.82) is 0 Å². The zero-order valence-corrected chi connectivity index (χ0v) is 32.6. The van der Waals surface area contributed by atoms with Gasteiger partial charge in [-0.2, -0.15) is 13.2 Å². The van der Waals surface area contributed by atoms with E-state index in [-0.39, 0.29) is 43.0 Å². The maximum absolute atomic E-state index is 14.6. The van der Waals surface area contributed by atoms with Crippen LogP contribution in [0.4, 0.5) is 22.4 Å². The van der Waals surface area contributed by atoms with Crippen LogP contribution < -0.4 is 21.3 Å². The Kier molecular flexibility index (Phi) is 19.5. The van der Waals surface area contributed by atoms with Gasteiger partial charge in [0.05, 0.1) is 35.8 Å². The minimum Gasteiger partial charge on any atom is -0.493 e. The lowest BCUT2D eigenvalue weighted by molar-refractivity contribution is -0.143. The smallest absolute Gasteiger partial charge is 0.416 e. The highest BCUT2D eigenvalue weighted by Crippen LogP contribution is 2.33. The van der Waals surface area contributed by atoms with Crippen LogP contribution in [0.25, 0.3) is 0 Å². The quantitative estimate of drug-likeness (QED) is 0.104. The number of carbonyl (C=O) groups is 2. The Morgan fingerprint density at radius 3 is 2.21 bits per heavy atom. The van der Waals surface area contributed by atoms with Crippen LogP contribution in [0.1, 0.15) is 104 Å². The molecule has 52 heavy (non-hydrogen) atoms. The number of amides is 1. The average molecular weight is 805 g/mol. The molecule has 3 aromatic rings. The Morgan fingerprint density at radius 1 is 0.981 bits per heavy atom. The maximum Gasteiger partial charge on any atom is 0.416 e. The first-order valence-corrected chi connectivity index (χ1v) is 17.9. The van der Waals surface area contributed by atoms with Gasteiger partial charge in [0.25, 0.3) is 5.56 Å². The van der Waals surface area contributed by atoms with Gasteiger partial charge in [0.1, 0.15) is 17.2 Å². The van der Waals surface area contributed by atoms with Gasteiger partial charge >= 0.3 is 23.9 Å². The molecule has 0 bridgehead atoms. The summed E-state index contributed by atoms with van der Waals surface area (Å²) in [5.74, 6) is -1.18. The Hall–Kier alpha value is -4.14. The number of benzene rings is 2. The van der Waals surface area contributed by atoms with E-state index in [0.29, 0.717) is 23.8 Å². The van der Waals surface area contributed by atoms with Crippen molar-refractivity contribution in [2.45, 2.75) is 112 Å². The third-order valence-electron chi connectivity index (χ3n) is 6.66. The number of ether oxygens (including phenoxy) is 3. The third-order valence-corrected chi connectivity index (χ3v) is 7.21. The summed E-state index contributed by atoms with van der Waals surface area (Å²) in [5, 5.41) is 2.74. The number of hydrogen-bond donors (Lipinski definition) is 1. The van der Waals surface area contributed by atoms with Crippen molar-refractivity contribution in [3.63, 3.8) is 0 Å². The van der Waals surface area contributed by atoms with Crippen molar-refractivity contribution >= 4 is 28.0 Å². The van der Waals surface area contributed by atoms with E-state index in [1.54, 1.807) is 52.0 Å². The van der Waals surface area contributed by atoms with Crippen molar-refractivity contribution in [1.82, 2.24) is 14.5 Å². The summed E-state index contributed by atoms with van der Waals surface area (Å²) in [7, 11) is 0. The summed E-state index contributed by atoms with van der Waals surface area (Å²) in [6.07, 6.45) is -3.02. The number of nitrogens with one attached hydrogen (secondary N) is 1. The Bertz CT molecular complexity index is 1700. The summed E-state index contributed by atoms with van der Waals surface area (Å²) in [6.45, 7) is 14.2. The molecule has 15 heteroatoms. The lowest BCUT2D eigenvalue weighted by atomic mass is 10.0. The van der Waals surface area contributed by atoms with Crippen LogP contribution >= 0.6 is 15.9 Å². The molecule has 1 atom stereocenters. The molecular weight excluding hydrogens is 754 g/mol. The summed E-state index contributed by atoms with van der Waals surface area (Å²) >= 11 is 3.06. The van der Waals surface area contributed by atoms with E-state index < -0.39 is 58.7 Å². The summed E-state index contributed by atoms with van der Waals surface area (Å²) in [6, 6.07) is 8.30. The number of para-hydroxylation sites is 1. The van der Waals surface area contributed by atoms with E-state index in [0.717, 1.165) is 27.5 Å². The van der Waals surface area contributed by atoms with Crippen molar-refractivity contribution in [3.8, 4) is 5.75 Å². The fraction of sp³-hybridized carbons (Fsp3) is 0.514. The number of nitrogens with zero attached hydrogens (tertiary/aromatic N) is 2. The average Bonchev–Trinajstić information content (AvgIpc) is 3.06. The molecule has 1 heterocycles. The zero-order valence-electron chi connectivity index (χ0n) is 31.0. The molecule has 0 aliphatic carbocycles. The molecule has 0 spiro atoms. The van der Waals surface area contributed by atoms with Crippen LogP contribution in [-0.2, 0) is 33.5 Å². The molecule has 0 fully saturated rings.